The fourth-order valence-electron chi connectivity index (χ4n) is 3.78. The number of hydrogen-bond acceptors (Lipinski definition) is 5. The summed E-state index contributed by atoms with van der Waals surface area (Å²) in [6.07, 6.45) is 2.64. The lowest BCUT2D eigenvalue weighted by molar-refractivity contribution is -0.119. The zero-order chi connectivity index (χ0) is 19.8. The maximum atomic E-state index is 12.9. The molecule has 0 spiro atoms. The number of rotatable bonds is 4. The van der Waals surface area contributed by atoms with Crippen molar-refractivity contribution in [3.05, 3.63) is 52.5 Å². The molecule has 1 amide bonds. The monoisotopic (exact) mass is 378 g/mol. The standard InChI is InChI=1S/C21H22N4O3/c1-12-20(13(2)25(3)24-12)23-18(26)11-28-21(27)19-14-7-4-5-9-16(14)22-17-10-6-8-15(17)19/h4-5,7,9H,6,8,10-11H2,1-3H3,(H,23,26). The minimum atomic E-state index is -0.480. The molecule has 7 nitrogen and oxygen atoms in total. The molecule has 0 radical (unpaired) electrons. The third-order valence-electron chi connectivity index (χ3n) is 5.23. The molecule has 1 aliphatic carbocycles. The van der Waals surface area contributed by atoms with E-state index < -0.39 is 5.97 Å². The van der Waals surface area contributed by atoms with Crippen LogP contribution in [-0.2, 0) is 29.4 Å². The van der Waals surface area contributed by atoms with E-state index in [1.54, 1.807) is 4.68 Å². The normalized spacial score (nSPS) is 12.8. The minimum Gasteiger partial charge on any atom is -0.452 e. The minimum absolute atomic E-state index is 0.349. The van der Waals surface area contributed by atoms with Crippen LogP contribution in [0.15, 0.2) is 24.3 Å². The molecule has 4 rings (SSSR count). The molecule has 144 valence electrons. The second-order valence-electron chi connectivity index (χ2n) is 7.08. The lowest BCUT2D eigenvalue weighted by Gasteiger charge is -2.12. The Bertz CT molecular complexity index is 1100. The Morgan fingerprint density at radius 1 is 1.21 bits per heavy atom. The van der Waals surface area contributed by atoms with Gasteiger partial charge in [-0.05, 0) is 44.7 Å². The molecule has 0 fully saturated rings. The van der Waals surface area contributed by atoms with Crippen LogP contribution in [0, 0.1) is 13.8 Å². The first kappa shape index (κ1) is 18.2. The quantitative estimate of drug-likeness (QED) is 0.706. The van der Waals surface area contributed by atoms with Gasteiger partial charge in [-0.25, -0.2) is 4.79 Å². The summed E-state index contributed by atoms with van der Waals surface area (Å²) in [6.45, 7) is 3.34. The van der Waals surface area contributed by atoms with E-state index in [-0.39, 0.29) is 12.5 Å². The number of hydrogen-bond donors (Lipinski definition) is 1. The molecular weight excluding hydrogens is 356 g/mol. The van der Waals surface area contributed by atoms with Crippen molar-refractivity contribution >= 4 is 28.5 Å². The van der Waals surface area contributed by atoms with E-state index in [1.165, 1.54) is 0 Å². The first-order valence-corrected chi connectivity index (χ1v) is 9.33. The maximum absolute atomic E-state index is 12.9. The largest absolute Gasteiger partial charge is 0.452 e. The number of nitrogens with one attached hydrogen (secondary N) is 1. The van der Waals surface area contributed by atoms with Gasteiger partial charge in [-0.15, -0.1) is 0 Å². The Morgan fingerprint density at radius 3 is 2.75 bits per heavy atom. The van der Waals surface area contributed by atoms with Gasteiger partial charge in [0.05, 0.1) is 28.2 Å². The van der Waals surface area contributed by atoms with Gasteiger partial charge in [0.15, 0.2) is 6.61 Å². The van der Waals surface area contributed by atoms with E-state index >= 15 is 0 Å². The highest BCUT2D eigenvalue weighted by atomic mass is 16.5. The summed E-state index contributed by atoms with van der Waals surface area (Å²) in [5.41, 5.74) is 5.44. The Balaban J connectivity index is 1.54. The number of nitrogens with zero attached hydrogens (tertiary/aromatic N) is 3. The van der Waals surface area contributed by atoms with E-state index in [2.05, 4.69) is 15.4 Å². The van der Waals surface area contributed by atoms with E-state index in [1.807, 2.05) is 45.2 Å². The number of esters is 1. The van der Waals surface area contributed by atoms with Gasteiger partial charge in [-0.1, -0.05) is 18.2 Å². The molecule has 2 heterocycles. The number of pyridine rings is 1. The van der Waals surface area contributed by atoms with Crippen molar-refractivity contribution < 1.29 is 14.3 Å². The van der Waals surface area contributed by atoms with Crippen LogP contribution in [0.4, 0.5) is 5.69 Å². The van der Waals surface area contributed by atoms with Crippen molar-refractivity contribution in [3.8, 4) is 0 Å². The molecule has 1 N–H and O–H groups in total. The molecule has 0 saturated carbocycles. The highest BCUT2D eigenvalue weighted by Gasteiger charge is 2.25. The number of carbonyl (C=O) groups is 2. The first-order valence-electron chi connectivity index (χ1n) is 9.33. The van der Waals surface area contributed by atoms with Gasteiger partial charge in [0.1, 0.15) is 0 Å². The SMILES string of the molecule is Cc1nn(C)c(C)c1NC(=O)COC(=O)c1c2c(nc3ccccc13)CCC2. The van der Waals surface area contributed by atoms with Crippen LogP contribution in [0.3, 0.4) is 0 Å². The number of fused-ring (bicyclic) bond motifs is 2. The summed E-state index contributed by atoms with van der Waals surface area (Å²) in [6, 6.07) is 7.55. The second-order valence-corrected chi connectivity index (χ2v) is 7.08. The van der Waals surface area contributed by atoms with Crippen molar-refractivity contribution in [1.29, 1.82) is 0 Å². The van der Waals surface area contributed by atoms with Crippen LogP contribution in [0.1, 0.15) is 39.4 Å². The molecule has 0 bridgehead atoms. The Labute approximate surface area is 162 Å². The van der Waals surface area contributed by atoms with Gasteiger partial charge in [0, 0.05) is 18.1 Å². The highest BCUT2D eigenvalue weighted by molar-refractivity contribution is 6.06. The number of aromatic nitrogens is 3. The van der Waals surface area contributed by atoms with Crippen LogP contribution < -0.4 is 5.32 Å². The van der Waals surface area contributed by atoms with Crippen LogP contribution in [0.5, 0.6) is 0 Å². The van der Waals surface area contributed by atoms with Gasteiger partial charge in [-0.2, -0.15) is 5.10 Å². The number of amides is 1. The zero-order valence-electron chi connectivity index (χ0n) is 16.2. The molecule has 1 aromatic carbocycles. The third-order valence-corrected chi connectivity index (χ3v) is 5.23. The number of ether oxygens (including phenoxy) is 1. The number of anilines is 1. The molecule has 0 saturated heterocycles. The lowest BCUT2D eigenvalue weighted by Crippen LogP contribution is -2.22. The molecule has 2 aromatic heterocycles. The Kier molecular flexibility index (Phi) is 4.58. The van der Waals surface area contributed by atoms with Crippen molar-refractivity contribution in [2.45, 2.75) is 33.1 Å². The van der Waals surface area contributed by atoms with Gasteiger partial charge in [0.25, 0.3) is 5.91 Å². The number of aryl methyl sites for hydroxylation is 3. The van der Waals surface area contributed by atoms with E-state index in [4.69, 9.17) is 4.74 Å². The topological polar surface area (TPSA) is 86.1 Å². The third kappa shape index (κ3) is 3.13. The van der Waals surface area contributed by atoms with E-state index in [0.717, 1.165) is 52.8 Å². The van der Waals surface area contributed by atoms with E-state index in [9.17, 15) is 9.59 Å². The van der Waals surface area contributed by atoms with Gasteiger partial charge >= 0.3 is 5.97 Å². The molecule has 7 heteroatoms. The fourth-order valence-corrected chi connectivity index (χ4v) is 3.78. The highest BCUT2D eigenvalue weighted by Crippen LogP contribution is 2.30. The zero-order valence-corrected chi connectivity index (χ0v) is 16.2. The fraction of sp³-hybridized carbons (Fsp3) is 0.333. The summed E-state index contributed by atoms with van der Waals surface area (Å²) < 4.78 is 7.07. The average molecular weight is 378 g/mol. The van der Waals surface area contributed by atoms with Gasteiger partial charge in [-0.3, -0.25) is 14.5 Å². The molecule has 0 unspecified atom stereocenters. The predicted molar refractivity (Wildman–Crippen MR) is 105 cm³/mol. The lowest BCUT2D eigenvalue weighted by atomic mass is 10.0. The molecule has 28 heavy (non-hydrogen) atoms. The van der Waals surface area contributed by atoms with Crippen molar-refractivity contribution in [1.82, 2.24) is 14.8 Å². The summed E-state index contributed by atoms with van der Waals surface area (Å²) >= 11 is 0. The first-order chi connectivity index (χ1) is 13.5. The number of para-hydroxylation sites is 1. The van der Waals surface area contributed by atoms with Gasteiger partial charge < -0.3 is 10.1 Å². The second kappa shape index (κ2) is 7.07. The van der Waals surface area contributed by atoms with Crippen LogP contribution in [0.25, 0.3) is 10.9 Å². The van der Waals surface area contributed by atoms with Crippen molar-refractivity contribution in [2.24, 2.45) is 7.05 Å². The summed E-state index contributed by atoms with van der Waals surface area (Å²) in [7, 11) is 1.81. The molecule has 1 aliphatic rings. The van der Waals surface area contributed by atoms with Crippen LogP contribution >= 0.6 is 0 Å². The molecule has 0 aliphatic heterocycles. The number of carbonyl (C=O) groups excluding carboxylic acids is 2. The Hall–Kier alpha value is -3.22. The predicted octanol–water partition coefficient (Wildman–Crippen LogP) is 2.87. The van der Waals surface area contributed by atoms with E-state index in [0.29, 0.717) is 11.3 Å². The number of benzene rings is 1. The maximum Gasteiger partial charge on any atom is 0.339 e. The van der Waals surface area contributed by atoms with Crippen molar-refractivity contribution in [2.75, 3.05) is 11.9 Å². The van der Waals surface area contributed by atoms with Crippen molar-refractivity contribution in [3.63, 3.8) is 0 Å². The van der Waals surface area contributed by atoms with Crippen LogP contribution in [-0.4, -0.2) is 33.2 Å². The van der Waals surface area contributed by atoms with Gasteiger partial charge in [0.2, 0.25) is 0 Å². The molecule has 0 atom stereocenters. The van der Waals surface area contributed by atoms with Crippen LogP contribution in [0.2, 0.25) is 0 Å². The smallest absolute Gasteiger partial charge is 0.339 e. The summed E-state index contributed by atoms with van der Waals surface area (Å²) in [4.78, 5) is 29.9. The summed E-state index contributed by atoms with van der Waals surface area (Å²) in [5.74, 6) is -0.867. The molecular formula is C21H22N4O3. The average Bonchev–Trinajstić information content (AvgIpc) is 3.23. The Morgan fingerprint density at radius 2 is 2.00 bits per heavy atom. The summed E-state index contributed by atoms with van der Waals surface area (Å²) in [5, 5.41) is 7.82. The molecule has 3 aromatic rings.